The highest BCUT2D eigenvalue weighted by atomic mass is 79.9. The van der Waals surface area contributed by atoms with E-state index in [4.69, 9.17) is 5.73 Å². The van der Waals surface area contributed by atoms with E-state index < -0.39 is 0 Å². The van der Waals surface area contributed by atoms with Crippen LogP contribution in [0.15, 0.2) is 22.7 Å². The van der Waals surface area contributed by atoms with Gasteiger partial charge < -0.3 is 5.73 Å². The second-order valence-corrected chi connectivity index (χ2v) is 6.05. The molecule has 0 aromatic heterocycles. The first kappa shape index (κ1) is 13.0. The summed E-state index contributed by atoms with van der Waals surface area (Å²) in [5.41, 5.74) is 6.91. The third-order valence-corrected chi connectivity index (χ3v) is 4.51. The van der Waals surface area contributed by atoms with Crippen LogP contribution in [0, 0.1) is 17.7 Å². The standard InChI is InChI=1S/C14H19BrFN/c1-9-4-2-5-10(8-9)14(17)13-11(15)6-3-7-12(13)16/h3,6-7,9-10,14H,2,4-5,8,17H2,1H3. The van der Waals surface area contributed by atoms with E-state index in [9.17, 15) is 4.39 Å². The van der Waals surface area contributed by atoms with Crippen LogP contribution in [0.4, 0.5) is 4.39 Å². The Bertz CT molecular complexity index is 374. The summed E-state index contributed by atoms with van der Waals surface area (Å²) in [7, 11) is 0. The Kier molecular flexibility index (Phi) is 4.21. The normalized spacial score (nSPS) is 26.8. The SMILES string of the molecule is CC1CCCC(C(N)c2c(F)cccc2Br)C1. The molecule has 1 aromatic rings. The summed E-state index contributed by atoms with van der Waals surface area (Å²) in [4.78, 5) is 0. The van der Waals surface area contributed by atoms with E-state index in [1.807, 2.05) is 6.07 Å². The fraction of sp³-hybridized carbons (Fsp3) is 0.571. The summed E-state index contributed by atoms with van der Waals surface area (Å²) in [6, 6.07) is 4.88. The van der Waals surface area contributed by atoms with E-state index in [1.54, 1.807) is 6.07 Å². The average Bonchev–Trinajstić information content (AvgIpc) is 2.28. The van der Waals surface area contributed by atoms with Crippen LogP contribution in [0.25, 0.3) is 0 Å². The van der Waals surface area contributed by atoms with Crippen molar-refractivity contribution in [3.8, 4) is 0 Å². The quantitative estimate of drug-likeness (QED) is 0.860. The average molecular weight is 300 g/mol. The number of rotatable bonds is 2. The van der Waals surface area contributed by atoms with Gasteiger partial charge in [-0.2, -0.15) is 0 Å². The molecule has 1 aromatic carbocycles. The van der Waals surface area contributed by atoms with E-state index in [0.717, 1.165) is 17.3 Å². The highest BCUT2D eigenvalue weighted by Crippen LogP contribution is 2.38. The zero-order valence-electron chi connectivity index (χ0n) is 10.1. The minimum absolute atomic E-state index is 0.187. The van der Waals surface area contributed by atoms with Gasteiger partial charge in [0, 0.05) is 16.1 Å². The lowest BCUT2D eigenvalue weighted by Gasteiger charge is -2.32. The smallest absolute Gasteiger partial charge is 0.129 e. The Labute approximate surface area is 111 Å². The molecule has 0 amide bonds. The lowest BCUT2D eigenvalue weighted by Crippen LogP contribution is -2.27. The van der Waals surface area contributed by atoms with Gasteiger partial charge in [-0.3, -0.25) is 0 Å². The molecule has 94 valence electrons. The molecular formula is C14H19BrFN. The maximum Gasteiger partial charge on any atom is 0.129 e. The summed E-state index contributed by atoms with van der Waals surface area (Å²) in [6.45, 7) is 2.26. The lowest BCUT2D eigenvalue weighted by atomic mass is 9.77. The molecule has 3 atom stereocenters. The first-order valence-electron chi connectivity index (χ1n) is 6.29. The Balaban J connectivity index is 2.21. The Morgan fingerprint density at radius 3 is 2.82 bits per heavy atom. The molecule has 0 spiro atoms. The largest absolute Gasteiger partial charge is 0.324 e. The second-order valence-electron chi connectivity index (χ2n) is 5.19. The molecule has 0 radical (unpaired) electrons. The molecule has 0 aliphatic heterocycles. The zero-order valence-corrected chi connectivity index (χ0v) is 11.7. The van der Waals surface area contributed by atoms with Crippen LogP contribution in [-0.4, -0.2) is 0 Å². The van der Waals surface area contributed by atoms with Crippen molar-refractivity contribution >= 4 is 15.9 Å². The predicted octanol–water partition coefficient (Wildman–Crippen LogP) is 4.41. The predicted molar refractivity (Wildman–Crippen MR) is 72.2 cm³/mol. The van der Waals surface area contributed by atoms with E-state index in [-0.39, 0.29) is 11.9 Å². The monoisotopic (exact) mass is 299 g/mol. The second kappa shape index (κ2) is 5.49. The molecule has 2 N–H and O–H groups in total. The van der Waals surface area contributed by atoms with Crippen molar-refractivity contribution in [3.05, 3.63) is 34.1 Å². The van der Waals surface area contributed by atoms with E-state index in [1.165, 1.54) is 18.9 Å². The van der Waals surface area contributed by atoms with Gasteiger partial charge in [-0.25, -0.2) is 4.39 Å². The molecule has 17 heavy (non-hydrogen) atoms. The van der Waals surface area contributed by atoms with Gasteiger partial charge in [-0.15, -0.1) is 0 Å². The first-order chi connectivity index (χ1) is 8.09. The van der Waals surface area contributed by atoms with Crippen molar-refractivity contribution in [3.63, 3.8) is 0 Å². The van der Waals surface area contributed by atoms with Gasteiger partial charge in [-0.1, -0.05) is 41.8 Å². The first-order valence-corrected chi connectivity index (χ1v) is 7.08. The molecule has 1 saturated carbocycles. The summed E-state index contributed by atoms with van der Waals surface area (Å²) in [6.07, 6.45) is 4.72. The molecule has 0 bridgehead atoms. The van der Waals surface area contributed by atoms with Crippen molar-refractivity contribution < 1.29 is 4.39 Å². The number of benzene rings is 1. The molecular weight excluding hydrogens is 281 g/mol. The molecule has 1 nitrogen and oxygen atoms in total. The summed E-state index contributed by atoms with van der Waals surface area (Å²) in [5, 5.41) is 0. The van der Waals surface area contributed by atoms with Crippen LogP contribution < -0.4 is 5.73 Å². The molecule has 3 unspecified atom stereocenters. The van der Waals surface area contributed by atoms with E-state index in [2.05, 4.69) is 22.9 Å². The van der Waals surface area contributed by atoms with Crippen LogP contribution >= 0.6 is 15.9 Å². The maximum absolute atomic E-state index is 13.8. The fourth-order valence-corrected chi connectivity index (χ4v) is 3.48. The van der Waals surface area contributed by atoms with Crippen LogP contribution in [0.5, 0.6) is 0 Å². The molecule has 0 saturated heterocycles. The van der Waals surface area contributed by atoms with Crippen molar-refractivity contribution in [1.82, 2.24) is 0 Å². The van der Waals surface area contributed by atoms with Gasteiger partial charge in [0.05, 0.1) is 0 Å². The zero-order chi connectivity index (χ0) is 12.4. The van der Waals surface area contributed by atoms with Gasteiger partial charge in [0.1, 0.15) is 5.82 Å². The number of nitrogens with two attached hydrogens (primary N) is 1. The molecule has 2 rings (SSSR count). The summed E-state index contributed by atoms with van der Waals surface area (Å²) >= 11 is 3.41. The highest BCUT2D eigenvalue weighted by Gasteiger charge is 2.28. The fourth-order valence-electron chi connectivity index (χ4n) is 2.87. The van der Waals surface area contributed by atoms with E-state index >= 15 is 0 Å². The van der Waals surface area contributed by atoms with Crippen LogP contribution in [0.3, 0.4) is 0 Å². The van der Waals surface area contributed by atoms with E-state index in [0.29, 0.717) is 17.4 Å². The Morgan fingerprint density at radius 2 is 2.18 bits per heavy atom. The summed E-state index contributed by atoms with van der Waals surface area (Å²) < 4.78 is 14.6. The molecule has 3 heteroatoms. The molecule has 0 heterocycles. The van der Waals surface area contributed by atoms with Crippen molar-refractivity contribution in [2.24, 2.45) is 17.6 Å². The third-order valence-electron chi connectivity index (χ3n) is 3.82. The minimum Gasteiger partial charge on any atom is -0.324 e. The van der Waals surface area contributed by atoms with Crippen LogP contribution in [0.1, 0.15) is 44.2 Å². The van der Waals surface area contributed by atoms with Crippen LogP contribution in [-0.2, 0) is 0 Å². The summed E-state index contributed by atoms with van der Waals surface area (Å²) in [5.74, 6) is 0.933. The number of halogens is 2. The number of hydrogen-bond acceptors (Lipinski definition) is 1. The third kappa shape index (κ3) is 2.89. The van der Waals surface area contributed by atoms with Gasteiger partial charge in [0.15, 0.2) is 0 Å². The minimum atomic E-state index is -0.190. The Hall–Kier alpha value is -0.410. The van der Waals surface area contributed by atoms with Crippen molar-refractivity contribution in [1.29, 1.82) is 0 Å². The highest BCUT2D eigenvalue weighted by molar-refractivity contribution is 9.10. The lowest BCUT2D eigenvalue weighted by molar-refractivity contribution is 0.245. The molecule has 1 fully saturated rings. The molecule has 1 aliphatic rings. The van der Waals surface area contributed by atoms with Crippen LogP contribution in [0.2, 0.25) is 0 Å². The number of hydrogen-bond donors (Lipinski definition) is 1. The van der Waals surface area contributed by atoms with Crippen molar-refractivity contribution in [2.45, 2.75) is 38.6 Å². The van der Waals surface area contributed by atoms with Gasteiger partial charge in [-0.05, 0) is 36.8 Å². The van der Waals surface area contributed by atoms with Gasteiger partial charge in [0.2, 0.25) is 0 Å². The maximum atomic E-state index is 13.8. The van der Waals surface area contributed by atoms with Gasteiger partial charge >= 0.3 is 0 Å². The Morgan fingerprint density at radius 1 is 1.41 bits per heavy atom. The molecule has 1 aliphatic carbocycles. The van der Waals surface area contributed by atoms with Crippen molar-refractivity contribution in [2.75, 3.05) is 0 Å². The van der Waals surface area contributed by atoms with Gasteiger partial charge in [0.25, 0.3) is 0 Å². The topological polar surface area (TPSA) is 26.0 Å².